The third-order valence-corrected chi connectivity index (χ3v) is 5.77. The van der Waals surface area contributed by atoms with Crippen molar-refractivity contribution >= 4 is 34.6 Å². The van der Waals surface area contributed by atoms with Crippen molar-refractivity contribution in [2.45, 2.75) is 296 Å². The zero-order valence-electron chi connectivity index (χ0n) is 66.6. The maximum absolute atomic E-state index is 4.76. The number of allylic oxidation sites excluding steroid dienone is 1. The largest absolute Gasteiger partial charge is 0.501 e. The molecule has 0 aromatic carbocycles. The van der Waals surface area contributed by atoms with E-state index in [1.807, 2.05) is 301 Å². The molecule has 0 saturated heterocycles. The molecule has 10 heterocycles. The molecule has 10 rings (SSSR count). The fraction of sp³-hybridized carbons (Fsp3) is 0.697. The summed E-state index contributed by atoms with van der Waals surface area (Å²) < 4.78 is 12.8. The summed E-state index contributed by atoms with van der Waals surface area (Å²) in [6.45, 7) is 82.0. The lowest BCUT2D eigenvalue weighted by atomic mass is 10.5. The quantitative estimate of drug-likeness (QED) is 0.0943. The van der Waals surface area contributed by atoms with Crippen LogP contribution in [0.3, 0.4) is 0 Å². The summed E-state index contributed by atoms with van der Waals surface area (Å²) in [4.78, 5) is 10.7. The Hall–Kier alpha value is -6.01. The Morgan fingerprint density at radius 3 is 0.833 bits per heavy atom. The minimum absolute atomic E-state index is 0.889. The Balaban J connectivity index is -0.0000000317. The Morgan fingerprint density at radius 2 is 0.744 bits per heavy atom. The molecule has 21 nitrogen and oxygen atoms in total. The van der Waals surface area contributed by atoms with Gasteiger partial charge in [-0.3, -0.25) is 10.2 Å². The average molecular weight is 1350 g/mol. The Morgan fingerprint density at radius 1 is 0.367 bits per heavy atom. The van der Waals surface area contributed by atoms with Crippen LogP contribution in [0.2, 0.25) is 0 Å². The molecule has 546 valence electrons. The fourth-order valence-electron chi connectivity index (χ4n) is 2.17. The van der Waals surface area contributed by atoms with Gasteiger partial charge >= 0.3 is 0 Å². The van der Waals surface area contributed by atoms with Gasteiger partial charge in [0, 0.05) is 18.7 Å². The molecule has 3 aliphatic heterocycles. The number of hydrogen-bond acceptors (Lipinski definition) is 20. The van der Waals surface area contributed by atoms with Crippen molar-refractivity contribution in [3.63, 3.8) is 0 Å². The Bertz CT molecular complexity index is 1070. The van der Waals surface area contributed by atoms with Gasteiger partial charge in [-0.1, -0.05) is 289 Å². The van der Waals surface area contributed by atoms with Gasteiger partial charge in [0.2, 0.25) is 12.8 Å². The molecule has 0 aliphatic carbocycles. The number of thioether (sulfide) groups is 1. The molecule has 3 aliphatic rings. The van der Waals surface area contributed by atoms with Crippen molar-refractivity contribution in [3.8, 4) is 0 Å². The van der Waals surface area contributed by atoms with Gasteiger partial charge in [0.1, 0.15) is 48.2 Å². The van der Waals surface area contributed by atoms with E-state index in [0.29, 0.717) is 0 Å². The molecule has 0 radical (unpaired) electrons. The van der Waals surface area contributed by atoms with Gasteiger partial charge in [-0.15, -0.1) is 43.5 Å². The van der Waals surface area contributed by atoms with Gasteiger partial charge in [0.05, 0.1) is 37.7 Å². The Labute approximate surface area is 573 Å². The fourth-order valence-corrected chi connectivity index (χ4v) is 3.40. The first-order valence-corrected chi connectivity index (χ1v) is 37.0. The van der Waals surface area contributed by atoms with Crippen molar-refractivity contribution in [2.24, 2.45) is 0 Å². The molecule has 0 unspecified atom stereocenters. The van der Waals surface area contributed by atoms with Crippen LogP contribution in [0.5, 0.6) is 0 Å². The topological polar surface area (TPSA) is 278 Å². The zero-order valence-corrected chi connectivity index (χ0v) is 69.0. The van der Waals surface area contributed by atoms with E-state index in [2.05, 4.69) is 118 Å². The van der Waals surface area contributed by atoms with E-state index in [-0.39, 0.29) is 0 Å². The molecule has 0 amide bonds. The van der Waals surface area contributed by atoms with Crippen molar-refractivity contribution in [1.29, 1.82) is 0 Å². The van der Waals surface area contributed by atoms with Crippen LogP contribution < -0.4 is 5.32 Å². The summed E-state index contributed by atoms with van der Waals surface area (Å²) in [6, 6.07) is 0. The summed E-state index contributed by atoms with van der Waals surface area (Å²) in [5, 5.41) is 49.4. The van der Waals surface area contributed by atoms with Crippen molar-refractivity contribution in [2.75, 3.05) is 18.9 Å². The first-order chi connectivity index (χ1) is 45.0. The number of ether oxygens (including phenoxy) is 1. The van der Waals surface area contributed by atoms with Crippen LogP contribution in [0.25, 0.3) is 0 Å². The highest BCUT2D eigenvalue weighted by atomic mass is 32.2. The molecule has 7 aromatic heterocycles. The molecule has 0 bridgehead atoms. The second-order valence-corrected chi connectivity index (χ2v) is 9.90. The number of nitrogens with one attached hydrogen (secondary N) is 5. The van der Waals surface area contributed by atoms with Gasteiger partial charge in [-0.2, -0.15) is 45.4 Å². The molecular weight excluding hydrogens is 1190 g/mol. The molecule has 0 spiro atoms. The van der Waals surface area contributed by atoms with Crippen LogP contribution in [0, 0.1) is 0 Å². The highest BCUT2D eigenvalue weighted by molar-refractivity contribution is 8.02. The summed E-state index contributed by atoms with van der Waals surface area (Å²) in [6.07, 6.45) is 29.9. The molecule has 0 atom stereocenters. The number of aromatic amines is 4. The highest BCUT2D eigenvalue weighted by Crippen LogP contribution is 2.11. The number of nitrogens with zero attached hydrogens (tertiary/aromatic N) is 14. The molecule has 0 fully saturated rings. The van der Waals surface area contributed by atoms with Crippen molar-refractivity contribution < 1.29 is 9.15 Å². The van der Waals surface area contributed by atoms with E-state index in [1.165, 1.54) is 85.9 Å². The van der Waals surface area contributed by atoms with Crippen LogP contribution in [0.1, 0.15) is 296 Å². The summed E-state index contributed by atoms with van der Waals surface area (Å²) in [5.74, 6) is 1.31. The minimum Gasteiger partial charge on any atom is -0.501 e. The minimum atomic E-state index is 0.889. The van der Waals surface area contributed by atoms with E-state index < -0.39 is 0 Å². The van der Waals surface area contributed by atoms with E-state index >= 15 is 0 Å². The van der Waals surface area contributed by atoms with Crippen molar-refractivity contribution in [1.82, 2.24) is 96.3 Å². The third kappa shape index (κ3) is 278. The molecular formula is C66H157N19O2S3. The van der Waals surface area contributed by atoms with Crippen LogP contribution in [-0.2, 0) is 4.74 Å². The summed E-state index contributed by atoms with van der Waals surface area (Å²) in [5.41, 5.74) is 5.04. The van der Waals surface area contributed by atoms with Gasteiger partial charge in [0.15, 0.2) is 0 Å². The predicted molar refractivity (Wildman–Crippen MR) is 414 cm³/mol. The SMILES string of the molecule is C1=CNCC1.C1=COCC1.C1=CSCC1.CC.CC.CC.CC.CC.CC.CC.CC.CC.CC.CC.CC.CC.CC.CC.CC.CC.CC.CC.CC.c1cn[nH]n1.c1cn[nH]n1.c1nc[nH]n1.c1nc[nH]n1.c1ncsn1.c1nnco1.c1nncs1. The monoisotopic (exact) mass is 1340 g/mol. The maximum Gasteiger partial charge on any atom is 0.203 e. The lowest BCUT2D eigenvalue weighted by Crippen LogP contribution is -1.96. The van der Waals surface area contributed by atoms with Gasteiger partial charge in [-0.05, 0) is 42.1 Å². The van der Waals surface area contributed by atoms with Crippen LogP contribution in [-0.4, -0.2) is 110 Å². The van der Waals surface area contributed by atoms with Gasteiger partial charge in [-0.25, -0.2) is 15.0 Å². The summed E-state index contributed by atoms with van der Waals surface area (Å²) >= 11 is 4.74. The average Bonchev–Trinajstić information content (AvgIpc) is 4.52. The smallest absolute Gasteiger partial charge is 0.203 e. The molecule has 90 heavy (non-hydrogen) atoms. The highest BCUT2D eigenvalue weighted by Gasteiger charge is 1.85. The van der Waals surface area contributed by atoms with Gasteiger partial charge < -0.3 is 14.5 Å². The predicted octanol–water partition coefficient (Wildman–Crippen LogP) is 23.9. The zero-order chi connectivity index (χ0) is 75.4. The van der Waals surface area contributed by atoms with Crippen LogP contribution in [0.15, 0.2) is 126 Å². The van der Waals surface area contributed by atoms with E-state index in [4.69, 9.17) is 4.74 Å². The first kappa shape index (κ1) is 141. The number of H-pyrrole nitrogens is 4. The number of rotatable bonds is 0. The van der Waals surface area contributed by atoms with E-state index in [0.717, 1.165) is 19.6 Å². The number of aromatic nitrogens is 18. The van der Waals surface area contributed by atoms with Crippen molar-refractivity contribution in [3.05, 3.63) is 122 Å². The van der Waals surface area contributed by atoms with Crippen LogP contribution >= 0.6 is 34.6 Å². The standard InChI is InChI=1S/C4H7N.C4H6O.C4H6S.4C2H3N3.C2H2N2O.2C2H2N2S.20C2H6/c3*1-2-4-5-3-1;2*1-3-2-5-4-1;2*1-2-4-5-3-1;2*1-3-4-2-5-1;1-3-2-5-4-1;20*1-2/h1,3,5H,2,4H2;2*1,3H,2,4H2;4*1-2H,(H,3,4,5);3*1-2H;20*1-2H3. The molecule has 0 saturated carbocycles. The lowest BCUT2D eigenvalue weighted by molar-refractivity contribution is 0.281. The maximum atomic E-state index is 4.76. The Kier molecular flexibility index (Phi) is 453. The van der Waals surface area contributed by atoms with E-state index in [1.54, 1.807) is 47.6 Å². The lowest BCUT2D eigenvalue weighted by Gasteiger charge is -1.79. The molecule has 5 N–H and O–H groups in total. The first-order valence-electron chi connectivity index (χ1n) is 34.2. The summed E-state index contributed by atoms with van der Waals surface area (Å²) in [7, 11) is 0. The third-order valence-electron chi connectivity index (χ3n) is 4.05. The normalized spacial score (nSPS) is 7.73. The molecule has 24 heteroatoms. The molecule has 7 aromatic rings. The van der Waals surface area contributed by atoms with E-state index in [9.17, 15) is 0 Å². The van der Waals surface area contributed by atoms with Crippen LogP contribution in [0.4, 0.5) is 0 Å². The number of hydrogen-bond donors (Lipinski definition) is 5. The van der Waals surface area contributed by atoms with Gasteiger partial charge in [0.25, 0.3) is 0 Å². The second-order valence-electron chi connectivity index (χ2n) is 7.56. The second kappa shape index (κ2) is 288.